The number of halogens is 1. The van der Waals surface area contributed by atoms with Gasteiger partial charge in [0.05, 0.1) is 15.9 Å². The summed E-state index contributed by atoms with van der Waals surface area (Å²) in [4.78, 5) is 2.49. The smallest absolute Gasteiger partial charge is 0.0738 e. The molecule has 5 heteroatoms. The molecule has 0 aliphatic rings. The SMILES string of the molecule is CCNC(CCN(CC)CC)Cc1c(Br)c(C)nn1CC. The number of hydrogen-bond donors (Lipinski definition) is 1. The summed E-state index contributed by atoms with van der Waals surface area (Å²) in [7, 11) is 0. The van der Waals surface area contributed by atoms with Crippen molar-refractivity contribution in [3.8, 4) is 0 Å². The first-order valence-corrected chi connectivity index (χ1v) is 9.03. The maximum Gasteiger partial charge on any atom is 0.0738 e. The van der Waals surface area contributed by atoms with Crippen LogP contribution in [0.2, 0.25) is 0 Å². The van der Waals surface area contributed by atoms with E-state index in [9.17, 15) is 0 Å². The molecular weight excluding hydrogens is 328 g/mol. The number of nitrogens with one attached hydrogen (secondary N) is 1. The van der Waals surface area contributed by atoms with E-state index in [1.807, 2.05) is 0 Å². The van der Waals surface area contributed by atoms with Crippen molar-refractivity contribution in [1.82, 2.24) is 20.0 Å². The Kier molecular flexibility index (Phi) is 8.52. The zero-order valence-electron chi connectivity index (χ0n) is 14.2. The molecule has 1 aromatic heterocycles. The molecule has 1 rings (SSSR count). The number of rotatable bonds is 10. The second-order valence-electron chi connectivity index (χ2n) is 5.44. The lowest BCUT2D eigenvalue weighted by molar-refractivity contribution is 0.280. The lowest BCUT2D eigenvalue weighted by Gasteiger charge is -2.23. The van der Waals surface area contributed by atoms with Gasteiger partial charge in [0.25, 0.3) is 0 Å². The van der Waals surface area contributed by atoms with E-state index in [1.54, 1.807) is 0 Å². The molecule has 1 N–H and O–H groups in total. The third kappa shape index (κ3) is 5.38. The normalized spacial score (nSPS) is 13.1. The standard InChI is InChI=1S/C16H31BrN4/c1-6-18-14(10-11-20(7-2)8-3)12-15-16(17)13(5)19-21(15)9-4/h14,18H,6-12H2,1-5H3. The fourth-order valence-corrected chi connectivity index (χ4v) is 3.19. The molecule has 0 radical (unpaired) electrons. The van der Waals surface area contributed by atoms with Crippen LogP contribution in [0.4, 0.5) is 0 Å². The van der Waals surface area contributed by atoms with Crippen molar-refractivity contribution in [2.24, 2.45) is 0 Å². The zero-order chi connectivity index (χ0) is 15.8. The molecule has 0 aliphatic carbocycles. The van der Waals surface area contributed by atoms with Crippen LogP contribution in [0.3, 0.4) is 0 Å². The van der Waals surface area contributed by atoms with Crippen LogP contribution in [0.15, 0.2) is 4.47 Å². The van der Waals surface area contributed by atoms with E-state index in [0.29, 0.717) is 6.04 Å². The maximum absolute atomic E-state index is 4.60. The molecule has 1 aromatic rings. The predicted molar refractivity (Wildman–Crippen MR) is 93.9 cm³/mol. The van der Waals surface area contributed by atoms with Crippen LogP contribution < -0.4 is 5.32 Å². The van der Waals surface area contributed by atoms with Crippen molar-refractivity contribution >= 4 is 15.9 Å². The van der Waals surface area contributed by atoms with E-state index >= 15 is 0 Å². The first-order chi connectivity index (χ1) is 10.1. The summed E-state index contributed by atoms with van der Waals surface area (Å²) in [6.45, 7) is 16.2. The third-order valence-corrected chi connectivity index (χ3v) is 5.11. The Hall–Kier alpha value is -0.390. The van der Waals surface area contributed by atoms with Gasteiger partial charge in [-0.25, -0.2) is 0 Å². The fraction of sp³-hybridized carbons (Fsp3) is 0.812. The van der Waals surface area contributed by atoms with Crippen molar-refractivity contribution < 1.29 is 0 Å². The van der Waals surface area contributed by atoms with Crippen LogP contribution in [-0.2, 0) is 13.0 Å². The van der Waals surface area contributed by atoms with E-state index < -0.39 is 0 Å². The molecule has 0 aliphatic heterocycles. The minimum absolute atomic E-state index is 0.508. The van der Waals surface area contributed by atoms with Gasteiger partial charge in [-0.2, -0.15) is 5.10 Å². The van der Waals surface area contributed by atoms with Crippen LogP contribution in [0.1, 0.15) is 45.5 Å². The van der Waals surface area contributed by atoms with Gasteiger partial charge >= 0.3 is 0 Å². The first kappa shape index (κ1) is 18.7. The van der Waals surface area contributed by atoms with Crippen LogP contribution >= 0.6 is 15.9 Å². The summed E-state index contributed by atoms with van der Waals surface area (Å²) in [6.07, 6.45) is 2.21. The fourth-order valence-electron chi connectivity index (χ4n) is 2.74. The molecule has 0 fully saturated rings. The van der Waals surface area contributed by atoms with Gasteiger partial charge in [0, 0.05) is 19.0 Å². The van der Waals surface area contributed by atoms with Gasteiger partial charge in [0.15, 0.2) is 0 Å². The molecule has 0 bridgehead atoms. The van der Waals surface area contributed by atoms with Gasteiger partial charge in [0.2, 0.25) is 0 Å². The predicted octanol–water partition coefficient (Wildman–Crippen LogP) is 3.23. The average Bonchev–Trinajstić information content (AvgIpc) is 2.76. The highest BCUT2D eigenvalue weighted by atomic mass is 79.9. The number of hydrogen-bond acceptors (Lipinski definition) is 3. The quantitative estimate of drug-likeness (QED) is 0.696. The Morgan fingerprint density at radius 1 is 1.24 bits per heavy atom. The Morgan fingerprint density at radius 3 is 2.43 bits per heavy atom. The van der Waals surface area contributed by atoms with Gasteiger partial charge in [-0.3, -0.25) is 4.68 Å². The lowest BCUT2D eigenvalue weighted by Crippen LogP contribution is -2.36. The highest BCUT2D eigenvalue weighted by Gasteiger charge is 2.17. The molecule has 1 heterocycles. The summed E-state index contributed by atoms with van der Waals surface area (Å²) in [5.41, 5.74) is 2.41. The summed E-state index contributed by atoms with van der Waals surface area (Å²) in [5.74, 6) is 0. The topological polar surface area (TPSA) is 33.1 Å². The van der Waals surface area contributed by atoms with E-state index in [4.69, 9.17) is 0 Å². The van der Waals surface area contributed by atoms with Gasteiger partial charge in [-0.1, -0.05) is 20.8 Å². The number of aromatic nitrogens is 2. The van der Waals surface area contributed by atoms with Gasteiger partial charge in [-0.05, 0) is 62.4 Å². The zero-order valence-corrected chi connectivity index (χ0v) is 15.8. The molecule has 122 valence electrons. The Labute approximate surface area is 138 Å². The van der Waals surface area contributed by atoms with Crippen molar-refractivity contribution in [2.45, 2.75) is 60.0 Å². The maximum atomic E-state index is 4.60. The minimum Gasteiger partial charge on any atom is -0.314 e. The molecule has 0 saturated heterocycles. The average molecular weight is 359 g/mol. The molecule has 1 atom stereocenters. The van der Waals surface area contributed by atoms with Crippen LogP contribution in [0.5, 0.6) is 0 Å². The third-order valence-electron chi connectivity index (χ3n) is 4.07. The molecular formula is C16H31BrN4. The minimum atomic E-state index is 0.508. The summed E-state index contributed by atoms with van der Waals surface area (Å²) in [5, 5.41) is 8.23. The molecule has 0 aromatic carbocycles. The molecule has 0 amide bonds. The Balaban J connectivity index is 2.74. The van der Waals surface area contributed by atoms with Crippen LogP contribution in [0, 0.1) is 6.92 Å². The lowest BCUT2D eigenvalue weighted by atomic mass is 10.1. The highest BCUT2D eigenvalue weighted by molar-refractivity contribution is 9.10. The van der Waals surface area contributed by atoms with E-state index in [0.717, 1.165) is 44.8 Å². The van der Waals surface area contributed by atoms with Crippen molar-refractivity contribution in [2.75, 3.05) is 26.2 Å². The van der Waals surface area contributed by atoms with E-state index in [2.05, 4.69) is 70.5 Å². The van der Waals surface area contributed by atoms with Crippen molar-refractivity contribution in [3.05, 3.63) is 15.9 Å². The van der Waals surface area contributed by atoms with Gasteiger partial charge in [-0.15, -0.1) is 0 Å². The molecule has 4 nitrogen and oxygen atoms in total. The monoisotopic (exact) mass is 358 g/mol. The second kappa shape index (κ2) is 9.59. The highest BCUT2D eigenvalue weighted by Crippen LogP contribution is 2.23. The molecule has 1 unspecified atom stereocenters. The first-order valence-electron chi connectivity index (χ1n) is 8.24. The van der Waals surface area contributed by atoms with Crippen LogP contribution in [0.25, 0.3) is 0 Å². The van der Waals surface area contributed by atoms with Crippen molar-refractivity contribution in [1.29, 1.82) is 0 Å². The Bertz CT molecular complexity index is 413. The molecule has 0 spiro atoms. The second-order valence-corrected chi connectivity index (χ2v) is 6.23. The number of aryl methyl sites for hydroxylation is 2. The summed E-state index contributed by atoms with van der Waals surface area (Å²) >= 11 is 3.71. The largest absolute Gasteiger partial charge is 0.314 e. The van der Waals surface area contributed by atoms with Gasteiger partial charge in [0.1, 0.15) is 0 Å². The molecule has 0 saturated carbocycles. The van der Waals surface area contributed by atoms with Crippen molar-refractivity contribution in [3.63, 3.8) is 0 Å². The number of likely N-dealkylation sites (N-methyl/N-ethyl adjacent to an activating group) is 1. The van der Waals surface area contributed by atoms with Crippen LogP contribution in [-0.4, -0.2) is 46.9 Å². The number of nitrogens with zero attached hydrogens (tertiary/aromatic N) is 3. The Morgan fingerprint density at radius 2 is 1.90 bits per heavy atom. The summed E-state index contributed by atoms with van der Waals surface area (Å²) in [6, 6.07) is 0.508. The van der Waals surface area contributed by atoms with E-state index in [-0.39, 0.29) is 0 Å². The summed E-state index contributed by atoms with van der Waals surface area (Å²) < 4.78 is 3.30. The van der Waals surface area contributed by atoms with Gasteiger partial charge < -0.3 is 10.2 Å². The van der Waals surface area contributed by atoms with E-state index in [1.165, 1.54) is 16.6 Å². The molecule has 21 heavy (non-hydrogen) atoms.